The largest absolute Gasteiger partial charge is 0.493 e. The molecular formula is C19H15Br2N3O4. The number of fused-ring (bicyclic) bond motifs is 1. The first-order valence-electron chi connectivity index (χ1n) is 7.96. The minimum Gasteiger partial charge on any atom is -0.493 e. The summed E-state index contributed by atoms with van der Waals surface area (Å²) in [5, 5.41) is 3.27. The fourth-order valence-electron chi connectivity index (χ4n) is 2.70. The molecule has 0 spiro atoms. The molecule has 3 N–H and O–H groups in total. The van der Waals surface area contributed by atoms with Crippen LogP contribution in [0.4, 0.5) is 5.69 Å². The molecule has 0 saturated heterocycles. The van der Waals surface area contributed by atoms with Gasteiger partial charge in [0, 0.05) is 26.6 Å². The highest BCUT2D eigenvalue weighted by Crippen LogP contribution is 2.36. The van der Waals surface area contributed by atoms with Crippen molar-refractivity contribution in [1.29, 1.82) is 0 Å². The van der Waals surface area contributed by atoms with E-state index in [-0.39, 0.29) is 11.3 Å². The summed E-state index contributed by atoms with van der Waals surface area (Å²) in [6, 6.07) is 8.44. The third kappa shape index (κ3) is 3.81. The summed E-state index contributed by atoms with van der Waals surface area (Å²) < 4.78 is 12.0. The molecule has 3 aromatic rings. The number of hydrogen-bond acceptors (Lipinski definition) is 5. The number of pyridine rings is 1. The van der Waals surface area contributed by atoms with E-state index in [4.69, 9.17) is 15.2 Å². The summed E-state index contributed by atoms with van der Waals surface area (Å²) in [5.74, 6) is -0.223. The number of carbonyl (C=O) groups is 2. The number of ether oxygens (including phenoxy) is 2. The number of nitrogens with zero attached hydrogens (tertiary/aromatic N) is 1. The van der Waals surface area contributed by atoms with Gasteiger partial charge in [0.05, 0.1) is 36.6 Å². The Morgan fingerprint density at radius 3 is 2.32 bits per heavy atom. The second kappa shape index (κ2) is 8.15. The standard InChI is InChI=1S/C19H15Br2N3O4/c1-27-15-6-11-14(7-16(15)28-2)23-8-12(18(22)25)17(11)24-19(26)10-4-3-9(20)5-13(10)21/h3-8H,1-2H3,(H2,22,25)(H,23,24,26). The van der Waals surface area contributed by atoms with Gasteiger partial charge in [-0.3, -0.25) is 14.6 Å². The fourth-order valence-corrected chi connectivity index (χ4v) is 3.92. The summed E-state index contributed by atoms with van der Waals surface area (Å²) in [6.07, 6.45) is 1.32. The monoisotopic (exact) mass is 507 g/mol. The average molecular weight is 509 g/mol. The van der Waals surface area contributed by atoms with Crippen molar-refractivity contribution in [3.8, 4) is 11.5 Å². The van der Waals surface area contributed by atoms with Crippen molar-refractivity contribution < 1.29 is 19.1 Å². The number of benzene rings is 2. The van der Waals surface area contributed by atoms with Gasteiger partial charge in [-0.25, -0.2) is 0 Å². The third-order valence-electron chi connectivity index (χ3n) is 4.05. The predicted molar refractivity (Wildman–Crippen MR) is 113 cm³/mol. The average Bonchev–Trinajstić information content (AvgIpc) is 2.66. The number of aromatic nitrogens is 1. The molecule has 28 heavy (non-hydrogen) atoms. The van der Waals surface area contributed by atoms with E-state index >= 15 is 0 Å². The van der Waals surface area contributed by atoms with Crippen molar-refractivity contribution in [2.24, 2.45) is 5.73 Å². The van der Waals surface area contributed by atoms with E-state index in [1.165, 1.54) is 20.4 Å². The molecule has 1 heterocycles. The second-order valence-corrected chi connectivity index (χ2v) is 7.48. The van der Waals surface area contributed by atoms with Gasteiger partial charge >= 0.3 is 0 Å². The SMILES string of the molecule is COc1cc2ncc(C(N)=O)c(NC(=O)c3ccc(Br)cc3Br)c2cc1OC. The minimum absolute atomic E-state index is 0.0845. The molecule has 0 bridgehead atoms. The van der Waals surface area contributed by atoms with Crippen LogP contribution in [0.2, 0.25) is 0 Å². The van der Waals surface area contributed by atoms with Gasteiger partial charge in [-0.05, 0) is 40.2 Å². The number of nitrogens with two attached hydrogens (primary N) is 1. The molecular weight excluding hydrogens is 494 g/mol. The lowest BCUT2D eigenvalue weighted by atomic mass is 10.1. The Morgan fingerprint density at radius 1 is 1.04 bits per heavy atom. The molecule has 144 valence electrons. The zero-order valence-electron chi connectivity index (χ0n) is 14.9. The zero-order chi connectivity index (χ0) is 20.4. The highest BCUT2D eigenvalue weighted by atomic mass is 79.9. The molecule has 9 heteroatoms. The van der Waals surface area contributed by atoms with Gasteiger partial charge in [0.25, 0.3) is 11.8 Å². The van der Waals surface area contributed by atoms with Crippen LogP contribution in [0.3, 0.4) is 0 Å². The lowest BCUT2D eigenvalue weighted by Gasteiger charge is -2.15. The van der Waals surface area contributed by atoms with Gasteiger partial charge in [-0.2, -0.15) is 0 Å². The second-order valence-electron chi connectivity index (χ2n) is 5.71. The van der Waals surface area contributed by atoms with Gasteiger partial charge in [-0.15, -0.1) is 0 Å². The maximum Gasteiger partial charge on any atom is 0.256 e. The molecule has 1 aromatic heterocycles. The molecule has 0 unspecified atom stereocenters. The fraction of sp³-hybridized carbons (Fsp3) is 0.105. The molecule has 7 nitrogen and oxygen atoms in total. The highest BCUT2D eigenvalue weighted by molar-refractivity contribution is 9.11. The van der Waals surface area contributed by atoms with Crippen LogP contribution >= 0.6 is 31.9 Å². The predicted octanol–water partition coefficient (Wildman–Crippen LogP) is 4.13. The zero-order valence-corrected chi connectivity index (χ0v) is 18.0. The Labute approximate surface area is 177 Å². The quantitative estimate of drug-likeness (QED) is 0.539. The molecule has 3 rings (SSSR count). The van der Waals surface area contributed by atoms with Gasteiger partial charge in [0.1, 0.15) is 0 Å². The number of nitrogens with one attached hydrogen (secondary N) is 1. The first-order chi connectivity index (χ1) is 13.3. The van der Waals surface area contributed by atoms with Crippen molar-refractivity contribution in [1.82, 2.24) is 4.98 Å². The van der Waals surface area contributed by atoms with E-state index in [1.54, 1.807) is 30.3 Å². The summed E-state index contributed by atoms with van der Waals surface area (Å²) >= 11 is 6.72. The van der Waals surface area contributed by atoms with Gasteiger partial charge < -0.3 is 20.5 Å². The van der Waals surface area contributed by atoms with Crippen LogP contribution in [0.1, 0.15) is 20.7 Å². The van der Waals surface area contributed by atoms with Crippen LogP contribution in [-0.2, 0) is 0 Å². The number of methoxy groups -OCH3 is 2. The van der Waals surface area contributed by atoms with Gasteiger partial charge in [0.15, 0.2) is 11.5 Å². The summed E-state index contributed by atoms with van der Waals surface area (Å²) in [6.45, 7) is 0. The summed E-state index contributed by atoms with van der Waals surface area (Å²) in [5.41, 5.74) is 6.73. The van der Waals surface area contributed by atoms with E-state index in [0.29, 0.717) is 32.4 Å². The van der Waals surface area contributed by atoms with Crippen LogP contribution in [0.25, 0.3) is 10.9 Å². The van der Waals surface area contributed by atoms with Gasteiger partial charge in [-0.1, -0.05) is 15.9 Å². The van der Waals surface area contributed by atoms with Crippen LogP contribution < -0.4 is 20.5 Å². The molecule has 2 aromatic carbocycles. The number of anilines is 1. The Kier molecular flexibility index (Phi) is 5.85. The minimum atomic E-state index is -0.714. The smallest absolute Gasteiger partial charge is 0.256 e. The van der Waals surface area contributed by atoms with Crippen molar-refractivity contribution in [3.05, 3.63) is 56.6 Å². The van der Waals surface area contributed by atoms with Crippen molar-refractivity contribution in [3.63, 3.8) is 0 Å². The molecule has 0 fully saturated rings. The van der Waals surface area contributed by atoms with E-state index in [2.05, 4.69) is 42.2 Å². The molecule has 0 aliphatic heterocycles. The molecule has 0 aliphatic rings. The van der Waals surface area contributed by atoms with Crippen molar-refractivity contribution in [2.45, 2.75) is 0 Å². The molecule has 0 radical (unpaired) electrons. The number of rotatable bonds is 5. The first-order valence-corrected chi connectivity index (χ1v) is 9.55. The van der Waals surface area contributed by atoms with Crippen LogP contribution in [0.5, 0.6) is 11.5 Å². The number of halogens is 2. The highest BCUT2D eigenvalue weighted by Gasteiger charge is 2.20. The molecule has 0 atom stereocenters. The Balaban J connectivity index is 2.17. The van der Waals surface area contributed by atoms with E-state index in [1.807, 2.05) is 0 Å². The summed E-state index contributed by atoms with van der Waals surface area (Å²) in [4.78, 5) is 29.0. The number of primary amides is 1. The maximum absolute atomic E-state index is 12.9. The lowest BCUT2D eigenvalue weighted by Crippen LogP contribution is -2.19. The topological polar surface area (TPSA) is 104 Å². The van der Waals surface area contributed by atoms with E-state index < -0.39 is 11.8 Å². The Bertz CT molecular complexity index is 1100. The first kappa shape index (κ1) is 20.1. The van der Waals surface area contributed by atoms with Crippen LogP contribution in [0.15, 0.2) is 45.5 Å². The number of carbonyl (C=O) groups excluding carboxylic acids is 2. The number of amides is 2. The van der Waals surface area contributed by atoms with Crippen LogP contribution in [0, 0.1) is 0 Å². The van der Waals surface area contributed by atoms with E-state index in [9.17, 15) is 9.59 Å². The third-order valence-corrected chi connectivity index (χ3v) is 5.20. The molecule has 0 aliphatic carbocycles. The maximum atomic E-state index is 12.9. The Hall–Kier alpha value is -2.65. The van der Waals surface area contributed by atoms with Crippen molar-refractivity contribution >= 4 is 60.3 Å². The number of hydrogen-bond donors (Lipinski definition) is 2. The lowest BCUT2D eigenvalue weighted by molar-refractivity contribution is 0.100. The normalized spacial score (nSPS) is 10.6. The van der Waals surface area contributed by atoms with Crippen LogP contribution in [-0.4, -0.2) is 31.0 Å². The molecule has 2 amide bonds. The summed E-state index contributed by atoms with van der Waals surface area (Å²) in [7, 11) is 3.00. The van der Waals surface area contributed by atoms with Gasteiger partial charge in [0.2, 0.25) is 0 Å². The molecule has 0 saturated carbocycles. The van der Waals surface area contributed by atoms with Crippen molar-refractivity contribution in [2.75, 3.05) is 19.5 Å². The Morgan fingerprint density at radius 2 is 1.71 bits per heavy atom. The van der Waals surface area contributed by atoms with E-state index in [0.717, 1.165) is 4.47 Å².